The van der Waals surface area contributed by atoms with E-state index < -0.39 is 0 Å². The lowest BCUT2D eigenvalue weighted by atomic mass is 9.79. The minimum Gasteiger partial charge on any atom is -0.346 e. The first-order valence-corrected chi connectivity index (χ1v) is 6.25. The first-order chi connectivity index (χ1) is 8.00. The van der Waals surface area contributed by atoms with Gasteiger partial charge in [-0.2, -0.15) is 0 Å². The predicted molar refractivity (Wildman–Crippen MR) is 73.5 cm³/mol. The number of carbonyl (C=O) groups excluding carboxylic acids is 2. The third kappa shape index (κ3) is 4.82. The van der Waals surface area contributed by atoms with Crippen LogP contribution < -0.4 is 11.1 Å². The van der Waals surface area contributed by atoms with Gasteiger partial charge in [0.2, 0.25) is 11.8 Å². The van der Waals surface area contributed by atoms with Gasteiger partial charge in [0, 0.05) is 13.1 Å². The van der Waals surface area contributed by atoms with Crippen LogP contribution in [-0.2, 0) is 9.59 Å². The van der Waals surface area contributed by atoms with Crippen LogP contribution in [0.4, 0.5) is 0 Å². The third-order valence-electron chi connectivity index (χ3n) is 3.61. The molecule has 106 valence electrons. The molecule has 0 aromatic carbocycles. The van der Waals surface area contributed by atoms with E-state index in [2.05, 4.69) is 19.2 Å². The molecule has 1 unspecified atom stereocenters. The Morgan fingerprint density at radius 3 is 2.67 bits per heavy atom. The van der Waals surface area contributed by atoms with Gasteiger partial charge in [-0.05, 0) is 24.7 Å². The molecule has 0 aliphatic carbocycles. The van der Waals surface area contributed by atoms with Gasteiger partial charge in [-0.3, -0.25) is 9.59 Å². The van der Waals surface area contributed by atoms with Crippen molar-refractivity contribution in [2.75, 3.05) is 26.2 Å². The summed E-state index contributed by atoms with van der Waals surface area (Å²) in [5.41, 5.74) is 5.39. The summed E-state index contributed by atoms with van der Waals surface area (Å²) in [6.07, 6.45) is 3.29. The Hall–Kier alpha value is -0.810. The molecule has 0 bridgehead atoms. The van der Waals surface area contributed by atoms with Gasteiger partial charge in [0.15, 0.2) is 0 Å². The summed E-state index contributed by atoms with van der Waals surface area (Å²) in [6, 6.07) is 0. The third-order valence-corrected chi connectivity index (χ3v) is 3.61. The fourth-order valence-electron chi connectivity index (χ4n) is 2.18. The molecular formula is C12H24ClN3O2. The number of piperidine rings is 1. The van der Waals surface area contributed by atoms with E-state index in [1.165, 1.54) is 6.42 Å². The maximum Gasteiger partial charge on any atom is 0.241 e. The molecule has 1 heterocycles. The number of nitrogens with zero attached hydrogens (tertiary/aromatic N) is 1. The molecule has 18 heavy (non-hydrogen) atoms. The first kappa shape index (κ1) is 17.2. The highest BCUT2D eigenvalue weighted by molar-refractivity contribution is 5.85. The van der Waals surface area contributed by atoms with E-state index in [0.29, 0.717) is 0 Å². The minimum absolute atomic E-state index is 0. The van der Waals surface area contributed by atoms with Gasteiger partial charge in [0.25, 0.3) is 0 Å². The number of rotatable bonds is 4. The van der Waals surface area contributed by atoms with Crippen molar-refractivity contribution in [2.45, 2.75) is 33.1 Å². The molecule has 0 radical (unpaired) electrons. The Labute approximate surface area is 115 Å². The zero-order chi connectivity index (χ0) is 12.9. The van der Waals surface area contributed by atoms with Crippen molar-refractivity contribution in [3.05, 3.63) is 0 Å². The topological polar surface area (TPSA) is 75.4 Å². The van der Waals surface area contributed by atoms with Crippen molar-refractivity contribution in [3.63, 3.8) is 0 Å². The second-order valence-corrected chi connectivity index (χ2v) is 5.06. The van der Waals surface area contributed by atoms with E-state index in [0.717, 1.165) is 25.9 Å². The van der Waals surface area contributed by atoms with Crippen LogP contribution in [0.15, 0.2) is 0 Å². The van der Waals surface area contributed by atoms with Gasteiger partial charge in [-0.15, -0.1) is 12.4 Å². The van der Waals surface area contributed by atoms with Gasteiger partial charge < -0.3 is 16.0 Å². The molecule has 6 heteroatoms. The zero-order valence-corrected chi connectivity index (χ0v) is 12.0. The van der Waals surface area contributed by atoms with Gasteiger partial charge in [0.1, 0.15) is 0 Å². The Balaban J connectivity index is 0.00000289. The van der Waals surface area contributed by atoms with Crippen molar-refractivity contribution in [1.82, 2.24) is 10.2 Å². The largest absolute Gasteiger partial charge is 0.346 e. The normalized spacial score (nSPS) is 23.2. The highest BCUT2D eigenvalue weighted by Gasteiger charge is 2.31. The van der Waals surface area contributed by atoms with Crippen LogP contribution in [0.25, 0.3) is 0 Å². The highest BCUT2D eigenvalue weighted by Crippen LogP contribution is 2.32. The summed E-state index contributed by atoms with van der Waals surface area (Å²) in [5, 5.41) is 2.52. The van der Waals surface area contributed by atoms with E-state index in [1.807, 2.05) is 4.90 Å². The lowest BCUT2D eigenvalue weighted by molar-refractivity contribution is -0.135. The maximum atomic E-state index is 11.9. The molecule has 5 nitrogen and oxygen atoms in total. The van der Waals surface area contributed by atoms with Gasteiger partial charge >= 0.3 is 0 Å². The smallest absolute Gasteiger partial charge is 0.241 e. The monoisotopic (exact) mass is 277 g/mol. The number of hydrogen-bond acceptors (Lipinski definition) is 3. The number of amides is 2. The van der Waals surface area contributed by atoms with E-state index >= 15 is 0 Å². The highest BCUT2D eigenvalue weighted by atomic mass is 35.5. The lowest BCUT2D eigenvalue weighted by Gasteiger charge is -2.40. The van der Waals surface area contributed by atoms with Crippen molar-refractivity contribution < 1.29 is 9.59 Å². The van der Waals surface area contributed by atoms with E-state index in [9.17, 15) is 9.59 Å². The number of nitrogens with one attached hydrogen (secondary N) is 1. The molecule has 1 atom stereocenters. The van der Waals surface area contributed by atoms with Crippen LogP contribution in [0, 0.1) is 5.41 Å². The number of carbonyl (C=O) groups is 2. The average Bonchev–Trinajstić information content (AvgIpc) is 2.35. The van der Waals surface area contributed by atoms with E-state index in [-0.39, 0.29) is 42.7 Å². The molecule has 3 N–H and O–H groups in total. The second kappa shape index (κ2) is 7.59. The molecule has 0 spiro atoms. The predicted octanol–water partition coefficient (Wildman–Crippen LogP) is 0.522. The van der Waals surface area contributed by atoms with Gasteiger partial charge in [0.05, 0.1) is 13.1 Å². The molecular weight excluding hydrogens is 254 g/mol. The molecule has 0 aromatic rings. The van der Waals surface area contributed by atoms with Crippen LogP contribution >= 0.6 is 12.4 Å². The molecule has 1 aliphatic heterocycles. The summed E-state index contributed by atoms with van der Waals surface area (Å²) >= 11 is 0. The Morgan fingerprint density at radius 1 is 1.44 bits per heavy atom. The fourth-order valence-corrected chi connectivity index (χ4v) is 2.18. The summed E-state index contributed by atoms with van der Waals surface area (Å²) in [5.74, 6) is -0.292. The van der Waals surface area contributed by atoms with E-state index in [4.69, 9.17) is 5.73 Å². The van der Waals surface area contributed by atoms with Crippen molar-refractivity contribution >= 4 is 24.2 Å². The molecule has 1 fully saturated rings. The second-order valence-electron chi connectivity index (χ2n) is 5.06. The Kier molecular flexibility index (Phi) is 7.25. The fraction of sp³-hybridized carbons (Fsp3) is 0.833. The van der Waals surface area contributed by atoms with Gasteiger partial charge in [-0.1, -0.05) is 13.8 Å². The van der Waals surface area contributed by atoms with Crippen LogP contribution in [0.2, 0.25) is 0 Å². The lowest BCUT2D eigenvalue weighted by Crippen LogP contribution is -2.48. The van der Waals surface area contributed by atoms with Gasteiger partial charge in [-0.25, -0.2) is 0 Å². The molecule has 1 rings (SSSR count). The first-order valence-electron chi connectivity index (χ1n) is 6.25. The Bertz CT molecular complexity index is 299. The summed E-state index contributed by atoms with van der Waals surface area (Å²) < 4.78 is 0. The molecule has 0 saturated carbocycles. The molecule has 1 aliphatic rings. The quantitative estimate of drug-likeness (QED) is 0.787. The number of nitrogens with two attached hydrogens (primary N) is 1. The standard InChI is InChI=1S/C12H23N3O2.ClH/c1-3-12(2)5-4-6-15(9-12)11(17)8-14-10(16)7-13;/h3-9,13H2,1-2H3,(H,14,16);1H. The number of halogens is 1. The molecule has 1 saturated heterocycles. The Morgan fingerprint density at radius 2 is 2.11 bits per heavy atom. The molecule has 2 amide bonds. The molecule has 0 aromatic heterocycles. The minimum atomic E-state index is -0.284. The number of hydrogen-bond donors (Lipinski definition) is 2. The maximum absolute atomic E-state index is 11.9. The van der Waals surface area contributed by atoms with Crippen LogP contribution in [0.3, 0.4) is 0 Å². The number of likely N-dealkylation sites (tertiary alicyclic amines) is 1. The summed E-state index contributed by atoms with van der Waals surface area (Å²) in [4.78, 5) is 24.7. The van der Waals surface area contributed by atoms with Crippen LogP contribution in [-0.4, -0.2) is 42.9 Å². The van der Waals surface area contributed by atoms with Crippen molar-refractivity contribution in [3.8, 4) is 0 Å². The summed E-state index contributed by atoms with van der Waals surface area (Å²) in [6.45, 7) is 5.96. The van der Waals surface area contributed by atoms with Crippen molar-refractivity contribution in [2.24, 2.45) is 11.1 Å². The summed E-state index contributed by atoms with van der Waals surface area (Å²) in [7, 11) is 0. The average molecular weight is 278 g/mol. The zero-order valence-electron chi connectivity index (χ0n) is 11.2. The van der Waals surface area contributed by atoms with E-state index in [1.54, 1.807) is 0 Å². The SMILES string of the molecule is CCC1(C)CCCN(C(=O)CNC(=O)CN)C1.Cl. The van der Waals surface area contributed by atoms with Crippen LogP contribution in [0.5, 0.6) is 0 Å². The van der Waals surface area contributed by atoms with Crippen LogP contribution in [0.1, 0.15) is 33.1 Å². The van der Waals surface area contributed by atoms with Crippen molar-refractivity contribution in [1.29, 1.82) is 0 Å².